The number of carbonyl (C=O) groups is 2. The minimum atomic E-state index is -0.702. The van der Waals surface area contributed by atoms with Gasteiger partial charge in [-0.3, -0.25) is 9.59 Å². The van der Waals surface area contributed by atoms with Crippen LogP contribution in [0.3, 0.4) is 0 Å². The second kappa shape index (κ2) is 6.37. The van der Waals surface area contributed by atoms with Gasteiger partial charge in [0.15, 0.2) is 5.78 Å². The summed E-state index contributed by atoms with van der Waals surface area (Å²) in [5.41, 5.74) is 1.94. The number of esters is 1. The smallest absolute Gasteiger partial charge is 0.316 e. The van der Waals surface area contributed by atoms with Crippen molar-refractivity contribution in [2.75, 3.05) is 7.11 Å². The maximum absolute atomic E-state index is 12.0. The van der Waals surface area contributed by atoms with E-state index < -0.39 is 11.9 Å². The third-order valence-electron chi connectivity index (χ3n) is 2.33. The highest BCUT2D eigenvalue weighted by atomic mass is 32.1. The molecule has 0 saturated carbocycles. The zero-order chi connectivity index (χ0) is 12.0. The highest BCUT2D eigenvalue weighted by Crippen LogP contribution is 2.17. The molecule has 0 N–H and O–H groups in total. The number of rotatable bonds is 6. The lowest BCUT2D eigenvalue weighted by molar-refractivity contribution is -0.143. The second-order valence-corrected chi connectivity index (χ2v) is 4.17. The fraction of sp³-hybridized carbons (Fsp3) is 0.545. The zero-order valence-corrected chi connectivity index (χ0v) is 10.3. The van der Waals surface area contributed by atoms with E-state index in [2.05, 4.69) is 9.72 Å². The van der Waals surface area contributed by atoms with Crippen molar-refractivity contribution in [2.24, 2.45) is 5.92 Å². The Kier molecular flexibility index (Phi) is 5.11. The number of aromatic nitrogens is 1. The normalized spacial score (nSPS) is 12.1. The second-order valence-electron chi connectivity index (χ2n) is 3.46. The predicted molar refractivity (Wildman–Crippen MR) is 61.5 cm³/mol. The summed E-state index contributed by atoms with van der Waals surface area (Å²) in [6.45, 7) is 2.02. The molecular weight excluding hydrogens is 226 g/mol. The molecule has 88 valence electrons. The van der Waals surface area contributed by atoms with Crippen LogP contribution in [0, 0.1) is 5.92 Å². The first-order valence-corrected chi connectivity index (χ1v) is 6.15. The molecule has 1 aromatic rings. The highest BCUT2D eigenvalue weighted by Gasteiger charge is 2.28. The van der Waals surface area contributed by atoms with Gasteiger partial charge in [0.25, 0.3) is 0 Å². The van der Waals surface area contributed by atoms with Gasteiger partial charge in [-0.05, 0) is 6.42 Å². The topological polar surface area (TPSA) is 56.3 Å². The zero-order valence-electron chi connectivity index (χ0n) is 9.43. The number of hydrogen-bond acceptors (Lipinski definition) is 5. The fourth-order valence-electron chi connectivity index (χ4n) is 1.42. The van der Waals surface area contributed by atoms with Crippen molar-refractivity contribution in [3.8, 4) is 0 Å². The lowest BCUT2D eigenvalue weighted by Gasteiger charge is -2.11. The average Bonchev–Trinajstić information content (AvgIpc) is 2.82. The Morgan fingerprint density at radius 3 is 2.81 bits per heavy atom. The van der Waals surface area contributed by atoms with Gasteiger partial charge >= 0.3 is 5.97 Å². The molecule has 16 heavy (non-hydrogen) atoms. The van der Waals surface area contributed by atoms with Gasteiger partial charge in [0, 0.05) is 5.38 Å². The van der Waals surface area contributed by atoms with E-state index in [-0.39, 0.29) is 5.78 Å². The van der Waals surface area contributed by atoms with Crippen LogP contribution in [0.1, 0.15) is 36.7 Å². The van der Waals surface area contributed by atoms with Gasteiger partial charge in [-0.1, -0.05) is 19.8 Å². The van der Waals surface area contributed by atoms with Crippen molar-refractivity contribution in [1.29, 1.82) is 0 Å². The number of hydrogen-bond donors (Lipinski definition) is 0. The van der Waals surface area contributed by atoms with Gasteiger partial charge in [0.05, 0.1) is 12.6 Å². The van der Waals surface area contributed by atoms with Crippen molar-refractivity contribution in [1.82, 2.24) is 4.98 Å². The van der Waals surface area contributed by atoms with Crippen LogP contribution in [0.25, 0.3) is 0 Å². The number of methoxy groups -OCH3 is 1. The average molecular weight is 241 g/mol. The molecular formula is C11H15NO3S. The van der Waals surface area contributed by atoms with Crippen molar-refractivity contribution in [2.45, 2.75) is 26.2 Å². The van der Waals surface area contributed by atoms with Crippen LogP contribution in [0.4, 0.5) is 0 Å². The Hall–Kier alpha value is -1.23. The Morgan fingerprint density at radius 1 is 1.56 bits per heavy atom. The minimum absolute atomic E-state index is 0.235. The number of ether oxygens (including phenoxy) is 1. The van der Waals surface area contributed by atoms with Gasteiger partial charge in [0.2, 0.25) is 0 Å². The Balaban J connectivity index is 2.76. The van der Waals surface area contributed by atoms with Crippen LogP contribution in [0.2, 0.25) is 0 Å². The van der Waals surface area contributed by atoms with E-state index in [0.29, 0.717) is 12.1 Å². The first kappa shape index (κ1) is 12.8. The van der Waals surface area contributed by atoms with Crippen molar-refractivity contribution in [3.63, 3.8) is 0 Å². The summed E-state index contributed by atoms with van der Waals surface area (Å²) in [6, 6.07) is 0. The van der Waals surface area contributed by atoms with Gasteiger partial charge in [-0.2, -0.15) is 0 Å². The molecule has 1 aromatic heterocycles. The van der Waals surface area contributed by atoms with E-state index in [1.807, 2.05) is 6.92 Å². The van der Waals surface area contributed by atoms with E-state index in [0.717, 1.165) is 12.8 Å². The monoisotopic (exact) mass is 241 g/mol. The molecule has 0 spiro atoms. The molecule has 0 aromatic carbocycles. The van der Waals surface area contributed by atoms with Crippen molar-refractivity contribution < 1.29 is 14.3 Å². The van der Waals surface area contributed by atoms with E-state index in [9.17, 15) is 9.59 Å². The van der Waals surface area contributed by atoms with Gasteiger partial charge in [-0.25, -0.2) is 4.98 Å². The number of nitrogens with zero attached hydrogens (tertiary/aromatic N) is 1. The first-order chi connectivity index (χ1) is 7.70. The summed E-state index contributed by atoms with van der Waals surface area (Å²) < 4.78 is 4.64. The third kappa shape index (κ3) is 3.13. The largest absolute Gasteiger partial charge is 0.468 e. The van der Waals surface area contributed by atoms with Crippen molar-refractivity contribution in [3.05, 3.63) is 16.6 Å². The number of unbranched alkanes of at least 4 members (excludes halogenated alkanes) is 1. The van der Waals surface area contributed by atoms with Crippen LogP contribution >= 0.6 is 11.3 Å². The van der Waals surface area contributed by atoms with E-state index >= 15 is 0 Å². The summed E-state index contributed by atoms with van der Waals surface area (Å²) in [5.74, 6) is -1.40. The summed E-state index contributed by atoms with van der Waals surface area (Å²) in [6.07, 6.45) is 2.30. The fourth-order valence-corrected chi connectivity index (χ4v) is 1.96. The van der Waals surface area contributed by atoms with Crippen LogP contribution in [-0.4, -0.2) is 23.8 Å². The summed E-state index contributed by atoms with van der Waals surface area (Å²) in [5, 5.41) is 1.66. The van der Waals surface area contributed by atoms with E-state index in [1.54, 1.807) is 10.9 Å². The van der Waals surface area contributed by atoms with Crippen LogP contribution < -0.4 is 0 Å². The molecule has 1 heterocycles. The maximum atomic E-state index is 12.0. The van der Waals surface area contributed by atoms with Crippen LogP contribution in [0.5, 0.6) is 0 Å². The third-order valence-corrected chi connectivity index (χ3v) is 2.92. The van der Waals surface area contributed by atoms with Crippen LogP contribution in [0.15, 0.2) is 10.9 Å². The molecule has 0 radical (unpaired) electrons. The lowest BCUT2D eigenvalue weighted by Crippen LogP contribution is -2.25. The Bertz CT molecular complexity index is 348. The SMILES string of the molecule is CCCCC(C(=O)OC)C(=O)c1cscn1. The Labute approximate surface area is 98.6 Å². The summed E-state index contributed by atoms with van der Waals surface area (Å²) in [7, 11) is 1.30. The molecule has 1 unspecified atom stereocenters. The molecule has 0 aliphatic carbocycles. The molecule has 5 heteroatoms. The summed E-state index contributed by atoms with van der Waals surface area (Å²) in [4.78, 5) is 27.4. The minimum Gasteiger partial charge on any atom is -0.468 e. The lowest BCUT2D eigenvalue weighted by atomic mass is 9.96. The summed E-state index contributed by atoms with van der Waals surface area (Å²) >= 11 is 1.34. The molecule has 0 saturated heterocycles. The number of carbonyl (C=O) groups excluding carboxylic acids is 2. The maximum Gasteiger partial charge on any atom is 0.316 e. The quantitative estimate of drug-likeness (QED) is 0.435. The molecule has 1 atom stereocenters. The molecule has 1 rings (SSSR count). The van der Waals surface area contributed by atoms with Gasteiger partial charge in [-0.15, -0.1) is 11.3 Å². The molecule has 0 bridgehead atoms. The van der Waals surface area contributed by atoms with E-state index in [4.69, 9.17) is 0 Å². The molecule has 4 nitrogen and oxygen atoms in total. The van der Waals surface area contributed by atoms with Crippen LogP contribution in [-0.2, 0) is 9.53 Å². The number of Topliss-reactive ketones (excluding diaryl/α,β-unsaturated/α-hetero) is 1. The molecule has 0 aliphatic rings. The Morgan fingerprint density at radius 2 is 2.31 bits per heavy atom. The molecule has 0 amide bonds. The first-order valence-electron chi connectivity index (χ1n) is 5.21. The predicted octanol–water partition coefficient (Wildman–Crippen LogP) is 2.31. The van der Waals surface area contributed by atoms with Crippen molar-refractivity contribution >= 4 is 23.1 Å². The standard InChI is InChI=1S/C11H15NO3S/c1-3-4-5-8(11(14)15-2)10(13)9-6-16-7-12-9/h6-8H,3-5H2,1-2H3. The highest BCUT2D eigenvalue weighted by molar-refractivity contribution is 7.07. The molecule has 0 fully saturated rings. The number of ketones is 1. The van der Waals surface area contributed by atoms with E-state index in [1.165, 1.54) is 18.4 Å². The molecule has 0 aliphatic heterocycles. The van der Waals surface area contributed by atoms with Gasteiger partial charge < -0.3 is 4.74 Å². The van der Waals surface area contributed by atoms with Gasteiger partial charge in [0.1, 0.15) is 11.6 Å². The number of thiazole rings is 1.